The Labute approximate surface area is 178 Å². The van der Waals surface area contributed by atoms with Crippen LogP contribution in [0, 0.1) is 5.92 Å². The highest BCUT2D eigenvalue weighted by atomic mass is 127. The molecule has 0 spiro atoms. The fourth-order valence-corrected chi connectivity index (χ4v) is 3.81. The van der Waals surface area contributed by atoms with Gasteiger partial charge in [-0.2, -0.15) is 0 Å². The smallest absolute Gasteiger partial charge is 0.193 e. The van der Waals surface area contributed by atoms with Gasteiger partial charge in [0.25, 0.3) is 0 Å². The van der Waals surface area contributed by atoms with Crippen LogP contribution in [0.4, 0.5) is 0 Å². The molecule has 154 valence electrons. The van der Waals surface area contributed by atoms with Gasteiger partial charge in [0.15, 0.2) is 5.96 Å². The van der Waals surface area contributed by atoms with Gasteiger partial charge in [0.1, 0.15) is 0 Å². The number of nitrogens with zero attached hydrogens (tertiary/aromatic N) is 3. The molecule has 2 saturated heterocycles. The Balaban J connectivity index is 0.00000338. The molecule has 0 atom stereocenters. The number of hydrogen-bond acceptors (Lipinski definition) is 3. The number of halogens is 1. The lowest BCUT2D eigenvalue weighted by Crippen LogP contribution is -2.47. The summed E-state index contributed by atoms with van der Waals surface area (Å²) in [7, 11) is 0. The Bertz CT molecular complexity index is 378. The van der Waals surface area contributed by atoms with Gasteiger partial charge in [-0.3, -0.25) is 4.99 Å². The summed E-state index contributed by atoms with van der Waals surface area (Å²) in [5, 5.41) is 3.47. The van der Waals surface area contributed by atoms with E-state index in [1.165, 1.54) is 45.3 Å². The molecule has 2 aliphatic heterocycles. The van der Waals surface area contributed by atoms with Crippen LogP contribution in [0.1, 0.15) is 59.3 Å². The molecule has 2 fully saturated rings. The number of piperidine rings is 2. The van der Waals surface area contributed by atoms with Gasteiger partial charge >= 0.3 is 0 Å². The molecule has 2 rings (SSSR count). The monoisotopic (exact) mass is 480 g/mol. The number of unbranched alkanes of at least 4 members (excludes halogenated alkanes) is 1. The van der Waals surface area contributed by atoms with Crippen LogP contribution in [0.25, 0.3) is 0 Å². The van der Waals surface area contributed by atoms with Gasteiger partial charge in [0.2, 0.25) is 0 Å². The Hall–Kier alpha value is -0.0800. The maximum absolute atomic E-state index is 5.76. The molecular formula is C20H41IN4O. The molecule has 0 bridgehead atoms. The van der Waals surface area contributed by atoms with Crippen LogP contribution in [0.2, 0.25) is 0 Å². The minimum Gasteiger partial charge on any atom is -0.378 e. The molecule has 0 radical (unpaired) electrons. The molecule has 2 aliphatic rings. The quantitative estimate of drug-likeness (QED) is 0.250. The van der Waals surface area contributed by atoms with E-state index < -0.39 is 0 Å². The van der Waals surface area contributed by atoms with Crippen molar-refractivity contribution in [3.63, 3.8) is 0 Å². The molecule has 6 heteroatoms. The van der Waals surface area contributed by atoms with Crippen molar-refractivity contribution < 1.29 is 4.74 Å². The van der Waals surface area contributed by atoms with Gasteiger partial charge in [-0.25, -0.2) is 0 Å². The molecule has 26 heavy (non-hydrogen) atoms. The first-order valence-electron chi connectivity index (χ1n) is 10.6. The standard InChI is InChI=1S/C20H40N4O.HI/c1-4-21-20(24-16-10-19(11-17-24)25-5-2)22-12-6-7-13-23-14-8-18(3)9-15-23;/h18-19H,4-17H2,1-3H3,(H,21,22);1H. The summed E-state index contributed by atoms with van der Waals surface area (Å²) in [6, 6.07) is 0. The lowest BCUT2D eigenvalue weighted by molar-refractivity contribution is 0.0264. The molecule has 2 heterocycles. The molecule has 0 aromatic rings. The third kappa shape index (κ3) is 8.74. The van der Waals surface area contributed by atoms with Crippen molar-refractivity contribution in [1.82, 2.24) is 15.1 Å². The summed E-state index contributed by atoms with van der Waals surface area (Å²) in [5.41, 5.74) is 0. The fraction of sp³-hybridized carbons (Fsp3) is 0.950. The summed E-state index contributed by atoms with van der Waals surface area (Å²) in [6.07, 6.45) is 7.88. The zero-order valence-electron chi connectivity index (χ0n) is 17.2. The van der Waals surface area contributed by atoms with E-state index in [1.54, 1.807) is 0 Å². The van der Waals surface area contributed by atoms with Crippen molar-refractivity contribution in [1.29, 1.82) is 0 Å². The molecule has 0 aliphatic carbocycles. The van der Waals surface area contributed by atoms with E-state index >= 15 is 0 Å². The van der Waals surface area contributed by atoms with Crippen LogP contribution < -0.4 is 5.32 Å². The van der Waals surface area contributed by atoms with E-state index in [4.69, 9.17) is 9.73 Å². The first-order valence-corrected chi connectivity index (χ1v) is 10.6. The van der Waals surface area contributed by atoms with E-state index in [-0.39, 0.29) is 24.0 Å². The number of likely N-dealkylation sites (tertiary alicyclic amines) is 2. The highest BCUT2D eigenvalue weighted by molar-refractivity contribution is 14.0. The van der Waals surface area contributed by atoms with Gasteiger partial charge in [0, 0.05) is 32.8 Å². The maximum atomic E-state index is 5.76. The first kappa shape index (κ1) is 24.0. The highest BCUT2D eigenvalue weighted by Crippen LogP contribution is 2.16. The van der Waals surface area contributed by atoms with Gasteiger partial charge in [-0.1, -0.05) is 6.92 Å². The molecule has 5 nitrogen and oxygen atoms in total. The topological polar surface area (TPSA) is 40.1 Å². The Morgan fingerprint density at radius 3 is 2.35 bits per heavy atom. The predicted octanol–water partition coefficient (Wildman–Crippen LogP) is 3.58. The van der Waals surface area contributed by atoms with Crippen molar-refractivity contribution in [2.45, 2.75) is 65.4 Å². The molecule has 0 aromatic carbocycles. The fourth-order valence-electron chi connectivity index (χ4n) is 3.81. The highest BCUT2D eigenvalue weighted by Gasteiger charge is 2.21. The Kier molecular flexibility index (Phi) is 12.9. The molecular weight excluding hydrogens is 439 g/mol. The summed E-state index contributed by atoms with van der Waals surface area (Å²) >= 11 is 0. The van der Waals surface area contributed by atoms with Gasteiger partial charge in [-0.15, -0.1) is 24.0 Å². The number of aliphatic imine (C=N–C) groups is 1. The summed E-state index contributed by atoms with van der Waals surface area (Å²) < 4.78 is 5.76. The molecule has 0 saturated carbocycles. The zero-order valence-corrected chi connectivity index (χ0v) is 19.5. The average Bonchev–Trinajstić information content (AvgIpc) is 2.63. The largest absolute Gasteiger partial charge is 0.378 e. The van der Waals surface area contributed by atoms with Crippen LogP contribution in [0.5, 0.6) is 0 Å². The molecule has 0 amide bonds. The lowest BCUT2D eigenvalue weighted by Gasteiger charge is -2.34. The summed E-state index contributed by atoms with van der Waals surface area (Å²) in [4.78, 5) is 9.92. The van der Waals surface area contributed by atoms with Gasteiger partial charge < -0.3 is 19.9 Å². The van der Waals surface area contributed by atoms with Crippen LogP contribution >= 0.6 is 24.0 Å². The van der Waals surface area contributed by atoms with Crippen LogP contribution in [-0.4, -0.2) is 74.3 Å². The minimum atomic E-state index is 0. The van der Waals surface area contributed by atoms with Gasteiger partial charge in [0.05, 0.1) is 6.10 Å². The van der Waals surface area contributed by atoms with Crippen molar-refractivity contribution in [2.75, 3.05) is 52.4 Å². The second kappa shape index (κ2) is 14.0. The lowest BCUT2D eigenvalue weighted by atomic mass is 9.99. The van der Waals surface area contributed by atoms with Gasteiger partial charge in [-0.05, 0) is 77.9 Å². The third-order valence-corrected chi connectivity index (χ3v) is 5.50. The van der Waals surface area contributed by atoms with E-state index in [9.17, 15) is 0 Å². The number of nitrogens with one attached hydrogen (secondary N) is 1. The van der Waals surface area contributed by atoms with E-state index in [2.05, 4.69) is 35.9 Å². The van der Waals surface area contributed by atoms with Crippen LogP contribution in [0.15, 0.2) is 4.99 Å². The van der Waals surface area contributed by atoms with E-state index in [1.807, 2.05) is 0 Å². The first-order chi connectivity index (χ1) is 12.2. The molecule has 0 unspecified atom stereocenters. The zero-order chi connectivity index (χ0) is 17.9. The summed E-state index contributed by atoms with van der Waals surface area (Å²) in [6.45, 7) is 15.3. The Morgan fingerprint density at radius 1 is 1.04 bits per heavy atom. The van der Waals surface area contributed by atoms with E-state index in [0.29, 0.717) is 6.10 Å². The normalized spacial score (nSPS) is 20.9. The maximum Gasteiger partial charge on any atom is 0.193 e. The third-order valence-electron chi connectivity index (χ3n) is 5.50. The Morgan fingerprint density at radius 2 is 1.73 bits per heavy atom. The predicted molar refractivity (Wildman–Crippen MR) is 122 cm³/mol. The molecule has 0 aromatic heterocycles. The van der Waals surface area contributed by atoms with Crippen LogP contribution in [0.3, 0.4) is 0 Å². The number of rotatable bonds is 8. The number of ether oxygens (including phenoxy) is 1. The van der Waals surface area contributed by atoms with Crippen molar-refractivity contribution in [3.05, 3.63) is 0 Å². The minimum absolute atomic E-state index is 0. The number of hydrogen-bond donors (Lipinski definition) is 1. The summed E-state index contributed by atoms with van der Waals surface area (Å²) in [5.74, 6) is 2.03. The SMILES string of the molecule is CCNC(=NCCCCN1CCC(C)CC1)N1CCC(OCC)CC1.I. The second-order valence-corrected chi connectivity index (χ2v) is 7.61. The second-order valence-electron chi connectivity index (χ2n) is 7.61. The van der Waals surface area contributed by atoms with E-state index in [0.717, 1.165) is 57.5 Å². The van der Waals surface area contributed by atoms with Crippen molar-refractivity contribution in [3.8, 4) is 0 Å². The molecule has 1 N–H and O–H groups in total. The van der Waals surface area contributed by atoms with Crippen molar-refractivity contribution >= 4 is 29.9 Å². The van der Waals surface area contributed by atoms with Crippen LogP contribution in [-0.2, 0) is 4.74 Å². The number of guanidine groups is 1. The van der Waals surface area contributed by atoms with Crippen molar-refractivity contribution in [2.24, 2.45) is 10.9 Å². The average molecular weight is 480 g/mol.